The summed E-state index contributed by atoms with van der Waals surface area (Å²) in [6.07, 6.45) is 4.70. The van der Waals surface area contributed by atoms with Gasteiger partial charge < -0.3 is 15.2 Å². The van der Waals surface area contributed by atoms with Gasteiger partial charge in [-0.3, -0.25) is 0 Å². The first-order chi connectivity index (χ1) is 16.5. The highest BCUT2D eigenvalue weighted by Gasteiger charge is 2.45. The van der Waals surface area contributed by atoms with E-state index in [9.17, 15) is 4.39 Å². The van der Waals surface area contributed by atoms with E-state index in [1.165, 1.54) is 24.0 Å². The van der Waals surface area contributed by atoms with E-state index in [-0.39, 0.29) is 5.75 Å². The zero-order chi connectivity index (χ0) is 23.3. The number of halogens is 2. The van der Waals surface area contributed by atoms with E-state index < -0.39 is 17.3 Å². The molecule has 34 heavy (non-hydrogen) atoms. The fourth-order valence-corrected chi connectivity index (χ4v) is 5.74. The predicted octanol–water partition coefficient (Wildman–Crippen LogP) is 5.63. The number of hydrogen-bond acceptors (Lipinski definition) is 6. The Hall–Kier alpha value is -3.23. The number of pyridine rings is 1. The monoisotopic (exact) mass is 477 g/mol. The maximum absolute atomic E-state index is 15.5. The van der Waals surface area contributed by atoms with Crippen molar-refractivity contribution in [1.29, 1.82) is 0 Å². The van der Waals surface area contributed by atoms with E-state index in [4.69, 9.17) is 20.2 Å². The fraction of sp³-hybridized carbons (Fsp3) is 0.231. The first-order valence-corrected chi connectivity index (χ1v) is 12.1. The molecule has 4 heterocycles. The Morgan fingerprint density at radius 2 is 1.94 bits per heavy atom. The highest BCUT2D eigenvalue weighted by atomic mass is 32.2. The Kier molecular flexibility index (Phi) is 5.15. The van der Waals surface area contributed by atoms with E-state index in [0.717, 1.165) is 16.7 Å². The summed E-state index contributed by atoms with van der Waals surface area (Å²) in [4.78, 5) is 8.68. The van der Waals surface area contributed by atoms with Gasteiger partial charge in [-0.15, -0.1) is 0 Å². The molecule has 2 aromatic carbocycles. The average Bonchev–Trinajstić information content (AvgIpc) is 2.86. The number of aromatic nitrogens is 1. The number of fused-ring (bicyclic) bond motifs is 4. The normalized spacial score (nSPS) is 21.2. The van der Waals surface area contributed by atoms with Crippen LogP contribution in [-0.4, -0.2) is 29.1 Å². The maximum atomic E-state index is 15.5. The Bertz CT molecular complexity index is 1370. The number of nitrogens with two attached hydrogens (primary N) is 1. The number of aliphatic imine (C=N–C) groups is 1. The lowest BCUT2D eigenvalue weighted by Gasteiger charge is -2.40. The van der Waals surface area contributed by atoms with Crippen molar-refractivity contribution in [2.75, 3.05) is 19.0 Å². The second kappa shape index (κ2) is 8.21. The number of benzene rings is 2. The van der Waals surface area contributed by atoms with Crippen LogP contribution in [0.3, 0.4) is 0 Å². The van der Waals surface area contributed by atoms with Crippen LogP contribution in [0.15, 0.2) is 59.7 Å². The molecule has 0 radical (unpaired) electrons. The topological polar surface area (TPSA) is 69.7 Å². The van der Waals surface area contributed by atoms with Crippen LogP contribution in [0.25, 0.3) is 16.7 Å². The van der Waals surface area contributed by atoms with Crippen LogP contribution in [0, 0.1) is 11.8 Å². The zero-order valence-electron chi connectivity index (χ0n) is 18.2. The standard InChI is InChI=1S/C26H21F2N3O2S/c27-21-14-17(15-5-9-32-10-6-15)13-20-23(21)33-22-4-3-16(18-2-1-8-30-24(18)28)12-19(22)26(20)7-11-34-25(29)31-26/h1-5,8,12-14H,6-7,9-11H2,(H2,29,31)/t26-/m1/s1. The van der Waals surface area contributed by atoms with Gasteiger partial charge in [0.05, 0.1) is 13.2 Å². The highest BCUT2D eigenvalue weighted by Crippen LogP contribution is 2.55. The Morgan fingerprint density at radius 3 is 2.74 bits per heavy atom. The molecule has 8 heteroatoms. The molecule has 1 atom stereocenters. The first-order valence-electron chi connectivity index (χ1n) is 11.1. The lowest BCUT2D eigenvalue weighted by atomic mass is 9.76. The van der Waals surface area contributed by atoms with Gasteiger partial charge >= 0.3 is 0 Å². The Labute approximate surface area is 199 Å². The molecule has 3 aliphatic rings. The van der Waals surface area contributed by atoms with Gasteiger partial charge in [0.2, 0.25) is 5.95 Å². The molecule has 6 rings (SSSR count). The largest absolute Gasteiger partial charge is 0.453 e. The van der Waals surface area contributed by atoms with Gasteiger partial charge in [-0.05, 0) is 65.9 Å². The fourth-order valence-electron chi connectivity index (χ4n) is 4.91. The zero-order valence-corrected chi connectivity index (χ0v) is 19.0. The quantitative estimate of drug-likeness (QED) is 0.485. The minimum Gasteiger partial charge on any atom is -0.453 e. The van der Waals surface area contributed by atoms with E-state index >= 15 is 4.39 Å². The number of nitrogens with zero attached hydrogens (tertiary/aromatic N) is 2. The minimum absolute atomic E-state index is 0.160. The molecule has 0 bridgehead atoms. The predicted molar refractivity (Wildman–Crippen MR) is 129 cm³/mol. The number of ether oxygens (including phenoxy) is 2. The van der Waals surface area contributed by atoms with Gasteiger partial charge in [-0.2, -0.15) is 4.39 Å². The third-order valence-electron chi connectivity index (χ3n) is 6.55. The molecule has 0 amide bonds. The van der Waals surface area contributed by atoms with Crippen molar-refractivity contribution in [3.63, 3.8) is 0 Å². The first kappa shape index (κ1) is 21.3. The molecule has 3 aromatic rings. The number of rotatable bonds is 2. The van der Waals surface area contributed by atoms with Crippen molar-refractivity contribution in [3.8, 4) is 22.6 Å². The van der Waals surface area contributed by atoms with Crippen LogP contribution in [0.1, 0.15) is 29.5 Å². The molecule has 1 spiro atoms. The summed E-state index contributed by atoms with van der Waals surface area (Å²) in [6, 6.07) is 12.2. The molecular weight excluding hydrogens is 456 g/mol. The molecule has 1 aromatic heterocycles. The molecule has 0 aliphatic carbocycles. The van der Waals surface area contributed by atoms with Crippen LogP contribution in [-0.2, 0) is 10.3 Å². The molecule has 0 fully saturated rings. The summed E-state index contributed by atoms with van der Waals surface area (Å²) < 4.78 is 41.5. The van der Waals surface area contributed by atoms with Gasteiger partial charge in [-0.1, -0.05) is 23.9 Å². The molecule has 0 saturated carbocycles. The van der Waals surface area contributed by atoms with Gasteiger partial charge in [-0.25, -0.2) is 14.4 Å². The molecule has 2 N–H and O–H groups in total. The van der Waals surface area contributed by atoms with Crippen LogP contribution in [0.5, 0.6) is 11.5 Å². The van der Waals surface area contributed by atoms with Crippen molar-refractivity contribution in [2.45, 2.75) is 18.4 Å². The average molecular weight is 478 g/mol. The SMILES string of the molecule is NC1=N[C@]2(CCS1)c1cc(-c3cccnc3F)ccc1Oc1c(F)cc(C3=CCOCC3)cc12. The summed E-state index contributed by atoms with van der Waals surface area (Å²) >= 11 is 1.47. The van der Waals surface area contributed by atoms with Crippen molar-refractivity contribution in [3.05, 3.63) is 83.2 Å². The third kappa shape index (κ3) is 3.40. The summed E-state index contributed by atoms with van der Waals surface area (Å²) in [6.45, 7) is 1.09. The molecule has 0 unspecified atom stereocenters. The molecular formula is C26H21F2N3O2S. The molecule has 3 aliphatic heterocycles. The van der Waals surface area contributed by atoms with Crippen molar-refractivity contribution in [1.82, 2.24) is 4.98 Å². The second-order valence-electron chi connectivity index (χ2n) is 8.45. The van der Waals surface area contributed by atoms with E-state index in [1.807, 2.05) is 18.2 Å². The summed E-state index contributed by atoms with van der Waals surface area (Å²) in [5.41, 5.74) is 9.50. The van der Waals surface area contributed by atoms with Crippen LogP contribution < -0.4 is 10.5 Å². The van der Waals surface area contributed by atoms with Gasteiger partial charge in [0.25, 0.3) is 0 Å². The number of hydrogen-bond donors (Lipinski definition) is 1. The Balaban J connectivity index is 1.59. The van der Waals surface area contributed by atoms with Crippen LogP contribution in [0.2, 0.25) is 0 Å². The van der Waals surface area contributed by atoms with Gasteiger partial charge in [0, 0.05) is 28.6 Å². The molecule has 5 nitrogen and oxygen atoms in total. The van der Waals surface area contributed by atoms with Crippen LogP contribution in [0.4, 0.5) is 8.78 Å². The van der Waals surface area contributed by atoms with E-state index in [2.05, 4.69) is 4.98 Å². The van der Waals surface area contributed by atoms with Crippen LogP contribution >= 0.6 is 11.8 Å². The second-order valence-corrected chi connectivity index (χ2v) is 9.57. The van der Waals surface area contributed by atoms with Crippen molar-refractivity contribution < 1.29 is 18.3 Å². The van der Waals surface area contributed by atoms with Crippen molar-refractivity contribution >= 4 is 22.5 Å². The van der Waals surface area contributed by atoms with Gasteiger partial charge in [0.15, 0.2) is 16.7 Å². The van der Waals surface area contributed by atoms with E-state index in [1.54, 1.807) is 24.3 Å². The van der Waals surface area contributed by atoms with Crippen molar-refractivity contribution in [2.24, 2.45) is 10.7 Å². The highest BCUT2D eigenvalue weighted by molar-refractivity contribution is 8.13. The maximum Gasteiger partial charge on any atom is 0.220 e. The Morgan fingerprint density at radius 1 is 1.06 bits per heavy atom. The minimum atomic E-state index is -0.935. The smallest absolute Gasteiger partial charge is 0.220 e. The summed E-state index contributed by atoms with van der Waals surface area (Å²) in [5.74, 6) is 0.353. The molecule has 0 saturated heterocycles. The molecule has 172 valence electrons. The van der Waals surface area contributed by atoms with Gasteiger partial charge in [0.1, 0.15) is 11.3 Å². The summed E-state index contributed by atoms with van der Waals surface area (Å²) in [7, 11) is 0. The summed E-state index contributed by atoms with van der Waals surface area (Å²) in [5, 5.41) is 0.430. The number of thioether (sulfide) groups is 1. The number of amidine groups is 1. The lowest BCUT2D eigenvalue weighted by molar-refractivity contribution is 0.161. The lowest BCUT2D eigenvalue weighted by Crippen LogP contribution is -2.36. The van der Waals surface area contributed by atoms with E-state index in [0.29, 0.717) is 59.4 Å². The third-order valence-corrected chi connectivity index (χ3v) is 7.34.